The van der Waals surface area contributed by atoms with Crippen molar-refractivity contribution in [2.75, 3.05) is 5.32 Å². The van der Waals surface area contributed by atoms with Gasteiger partial charge in [-0.05, 0) is 26.3 Å². The van der Waals surface area contributed by atoms with Crippen LogP contribution in [-0.4, -0.2) is 14.7 Å². The topological polar surface area (TPSA) is 73.0 Å². The van der Waals surface area contributed by atoms with Gasteiger partial charge in [0.2, 0.25) is 0 Å². The number of hydrogen-bond acceptors (Lipinski definition) is 4. The molecule has 0 amide bonds. The van der Waals surface area contributed by atoms with Crippen LogP contribution >= 0.6 is 0 Å². The lowest BCUT2D eigenvalue weighted by atomic mass is 10.1. The lowest BCUT2D eigenvalue weighted by Gasteiger charge is -2.06. The van der Waals surface area contributed by atoms with Gasteiger partial charge in [-0.1, -0.05) is 12.1 Å². The Kier molecular flexibility index (Phi) is 4.02. The zero-order chi connectivity index (χ0) is 14.7. The van der Waals surface area contributed by atoms with Crippen molar-refractivity contribution < 1.29 is 4.92 Å². The molecule has 2 rings (SSSR count). The second-order valence-electron chi connectivity index (χ2n) is 5.03. The normalized spacial score (nSPS) is 10.8. The molecule has 0 aliphatic carbocycles. The molecule has 0 fully saturated rings. The van der Waals surface area contributed by atoms with Gasteiger partial charge in [-0.2, -0.15) is 5.10 Å². The molecule has 2 aromatic rings. The molecule has 0 aliphatic heterocycles. The maximum atomic E-state index is 10.9. The van der Waals surface area contributed by atoms with E-state index >= 15 is 0 Å². The molecule has 1 aromatic carbocycles. The summed E-state index contributed by atoms with van der Waals surface area (Å²) in [6.07, 6.45) is 3.68. The Labute approximate surface area is 117 Å². The first-order valence-electron chi connectivity index (χ1n) is 6.49. The van der Waals surface area contributed by atoms with Crippen LogP contribution in [0.1, 0.15) is 31.0 Å². The van der Waals surface area contributed by atoms with Crippen molar-refractivity contribution in [2.45, 2.75) is 33.4 Å². The zero-order valence-electron chi connectivity index (χ0n) is 11.8. The van der Waals surface area contributed by atoms with E-state index in [9.17, 15) is 10.1 Å². The summed E-state index contributed by atoms with van der Waals surface area (Å²) in [5, 5.41) is 18.3. The summed E-state index contributed by atoms with van der Waals surface area (Å²) >= 11 is 0. The first kappa shape index (κ1) is 14.0. The highest BCUT2D eigenvalue weighted by molar-refractivity contribution is 5.45. The highest BCUT2D eigenvalue weighted by Crippen LogP contribution is 2.20. The number of hydrogen-bond donors (Lipinski definition) is 1. The molecule has 0 unspecified atom stereocenters. The van der Waals surface area contributed by atoms with Gasteiger partial charge in [0.05, 0.1) is 16.8 Å². The Bertz CT molecular complexity index is 619. The third-order valence-corrected chi connectivity index (χ3v) is 3.10. The van der Waals surface area contributed by atoms with Gasteiger partial charge in [0.25, 0.3) is 5.69 Å². The standard InChI is InChI=1S/C14H18N4O2/c1-10(2)17-9-13(8-16-17)15-7-12-5-4-11(3)14(6-12)18(19)20/h4-6,8-10,15H,7H2,1-3H3. The number of nitrogens with one attached hydrogen (secondary N) is 1. The highest BCUT2D eigenvalue weighted by Gasteiger charge is 2.11. The Morgan fingerprint density at radius 2 is 2.20 bits per heavy atom. The highest BCUT2D eigenvalue weighted by atomic mass is 16.6. The average molecular weight is 274 g/mol. The number of nitrogens with zero attached hydrogens (tertiary/aromatic N) is 3. The summed E-state index contributed by atoms with van der Waals surface area (Å²) in [4.78, 5) is 10.5. The van der Waals surface area contributed by atoms with Gasteiger partial charge >= 0.3 is 0 Å². The number of nitro benzene ring substituents is 1. The van der Waals surface area contributed by atoms with Gasteiger partial charge in [-0.15, -0.1) is 0 Å². The van der Waals surface area contributed by atoms with Crippen LogP contribution in [0.4, 0.5) is 11.4 Å². The van der Waals surface area contributed by atoms with Crippen LogP contribution in [0.3, 0.4) is 0 Å². The van der Waals surface area contributed by atoms with Crippen molar-refractivity contribution >= 4 is 11.4 Å². The zero-order valence-corrected chi connectivity index (χ0v) is 11.8. The summed E-state index contributed by atoms with van der Waals surface area (Å²) < 4.78 is 1.86. The molecular formula is C14H18N4O2. The smallest absolute Gasteiger partial charge is 0.272 e. The quantitative estimate of drug-likeness (QED) is 0.670. The summed E-state index contributed by atoms with van der Waals surface area (Å²) in [5.74, 6) is 0. The maximum absolute atomic E-state index is 10.9. The molecule has 1 heterocycles. The molecule has 1 aromatic heterocycles. The molecule has 0 saturated heterocycles. The summed E-state index contributed by atoms with van der Waals surface area (Å²) in [6.45, 7) is 6.38. The Morgan fingerprint density at radius 3 is 2.80 bits per heavy atom. The SMILES string of the molecule is Cc1ccc(CNc2cnn(C(C)C)c2)cc1[N+](=O)[O-]. The number of aromatic nitrogens is 2. The van der Waals surface area contributed by atoms with Crippen LogP contribution in [0.25, 0.3) is 0 Å². The minimum atomic E-state index is -0.352. The van der Waals surface area contributed by atoms with Gasteiger partial charge in [0.15, 0.2) is 0 Å². The molecule has 6 nitrogen and oxygen atoms in total. The fourth-order valence-electron chi connectivity index (χ4n) is 1.88. The van der Waals surface area contributed by atoms with Gasteiger partial charge < -0.3 is 5.32 Å². The van der Waals surface area contributed by atoms with Crippen molar-refractivity contribution in [1.29, 1.82) is 0 Å². The van der Waals surface area contributed by atoms with Crippen molar-refractivity contribution in [1.82, 2.24) is 9.78 Å². The van der Waals surface area contributed by atoms with E-state index in [0.717, 1.165) is 11.3 Å². The van der Waals surface area contributed by atoms with Crippen LogP contribution in [0, 0.1) is 17.0 Å². The van der Waals surface area contributed by atoms with Gasteiger partial charge in [-0.3, -0.25) is 14.8 Å². The first-order valence-corrected chi connectivity index (χ1v) is 6.49. The molecular weight excluding hydrogens is 256 g/mol. The van der Waals surface area contributed by atoms with E-state index in [-0.39, 0.29) is 10.6 Å². The molecule has 0 saturated carbocycles. The number of benzene rings is 1. The fraction of sp³-hybridized carbons (Fsp3) is 0.357. The number of aryl methyl sites for hydroxylation is 1. The minimum absolute atomic E-state index is 0.155. The van der Waals surface area contributed by atoms with E-state index in [4.69, 9.17) is 0 Å². The molecule has 0 radical (unpaired) electrons. The number of nitro groups is 1. The molecule has 0 aliphatic rings. The predicted molar refractivity (Wildman–Crippen MR) is 77.8 cm³/mol. The minimum Gasteiger partial charge on any atom is -0.378 e. The largest absolute Gasteiger partial charge is 0.378 e. The molecule has 6 heteroatoms. The number of rotatable bonds is 5. The second kappa shape index (κ2) is 5.73. The molecule has 0 spiro atoms. The van der Waals surface area contributed by atoms with E-state index < -0.39 is 0 Å². The molecule has 0 atom stereocenters. The molecule has 0 bridgehead atoms. The van der Waals surface area contributed by atoms with E-state index in [1.807, 2.05) is 16.9 Å². The van der Waals surface area contributed by atoms with Crippen molar-refractivity contribution in [3.63, 3.8) is 0 Å². The predicted octanol–water partition coefficient (Wildman–Crippen LogP) is 3.29. The van der Waals surface area contributed by atoms with Crippen LogP contribution in [-0.2, 0) is 6.54 Å². The lowest BCUT2D eigenvalue weighted by molar-refractivity contribution is -0.385. The molecule has 1 N–H and O–H groups in total. The molecule has 20 heavy (non-hydrogen) atoms. The Hall–Kier alpha value is -2.37. The van der Waals surface area contributed by atoms with E-state index in [1.165, 1.54) is 0 Å². The summed E-state index contributed by atoms with van der Waals surface area (Å²) in [5.41, 5.74) is 2.61. The summed E-state index contributed by atoms with van der Waals surface area (Å²) in [6, 6.07) is 5.58. The average Bonchev–Trinajstić information content (AvgIpc) is 2.86. The fourth-order valence-corrected chi connectivity index (χ4v) is 1.88. The van der Waals surface area contributed by atoms with Crippen LogP contribution in [0.15, 0.2) is 30.6 Å². The third-order valence-electron chi connectivity index (χ3n) is 3.10. The number of anilines is 1. The van der Waals surface area contributed by atoms with Gasteiger partial charge in [0, 0.05) is 30.4 Å². The third kappa shape index (κ3) is 3.14. The van der Waals surface area contributed by atoms with Crippen molar-refractivity contribution in [3.8, 4) is 0 Å². The van der Waals surface area contributed by atoms with Gasteiger partial charge in [0.1, 0.15) is 0 Å². The van der Waals surface area contributed by atoms with Crippen LogP contribution in [0.2, 0.25) is 0 Å². The lowest BCUT2D eigenvalue weighted by Crippen LogP contribution is -2.02. The van der Waals surface area contributed by atoms with Crippen molar-refractivity contribution in [3.05, 3.63) is 51.8 Å². The second-order valence-corrected chi connectivity index (χ2v) is 5.03. The first-order chi connectivity index (χ1) is 9.47. The monoisotopic (exact) mass is 274 g/mol. The Morgan fingerprint density at radius 1 is 1.45 bits per heavy atom. The Balaban J connectivity index is 2.06. The van der Waals surface area contributed by atoms with Gasteiger partial charge in [-0.25, -0.2) is 0 Å². The molecule has 106 valence electrons. The van der Waals surface area contributed by atoms with E-state index in [2.05, 4.69) is 24.3 Å². The van der Waals surface area contributed by atoms with Crippen LogP contribution < -0.4 is 5.32 Å². The van der Waals surface area contributed by atoms with E-state index in [1.54, 1.807) is 25.3 Å². The maximum Gasteiger partial charge on any atom is 0.272 e. The summed E-state index contributed by atoms with van der Waals surface area (Å²) in [7, 11) is 0. The van der Waals surface area contributed by atoms with Crippen molar-refractivity contribution in [2.24, 2.45) is 0 Å². The van der Waals surface area contributed by atoms with E-state index in [0.29, 0.717) is 18.2 Å². The van der Waals surface area contributed by atoms with Crippen LogP contribution in [0.5, 0.6) is 0 Å².